The number of rotatable bonds is 2. The maximum absolute atomic E-state index is 11.8. The molecule has 0 unspecified atom stereocenters. The van der Waals surface area contributed by atoms with E-state index in [9.17, 15) is 15.0 Å². The predicted molar refractivity (Wildman–Crippen MR) is 77.3 cm³/mol. The van der Waals surface area contributed by atoms with Gasteiger partial charge in [0.25, 0.3) is 5.91 Å². The number of thiocarbonyl (C=S) groups is 1. The third-order valence-corrected chi connectivity index (χ3v) is 4.12. The van der Waals surface area contributed by atoms with Gasteiger partial charge in [-0.2, -0.15) is 0 Å². The highest BCUT2D eigenvalue weighted by Crippen LogP contribution is 2.40. The van der Waals surface area contributed by atoms with Crippen LogP contribution in [-0.4, -0.2) is 39.5 Å². The Balaban J connectivity index is 2.42. The van der Waals surface area contributed by atoms with Crippen LogP contribution in [0.4, 0.5) is 0 Å². The van der Waals surface area contributed by atoms with Gasteiger partial charge >= 0.3 is 0 Å². The number of carbonyl (C=O) groups is 1. The van der Waals surface area contributed by atoms with E-state index in [0.29, 0.717) is 14.8 Å². The molecule has 0 saturated carbocycles. The lowest BCUT2D eigenvalue weighted by Crippen LogP contribution is -2.22. The molecule has 1 heterocycles. The van der Waals surface area contributed by atoms with Crippen LogP contribution < -0.4 is 4.74 Å². The fourth-order valence-corrected chi connectivity index (χ4v) is 2.72. The van der Waals surface area contributed by atoms with Crippen molar-refractivity contribution in [3.63, 3.8) is 0 Å². The van der Waals surface area contributed by atoms with Crippen LogP contribution >= 0.6 is 24.0 Å². The second kappa shape index (κ2) is 5.10. The molecule has 5 nitrogen and oxygen atoms in total. The zero-order valence-corrected chi connectivity index (χ0v) is 11.8. The van der Waals surface area contributed by atoms with Crippen LogP contribution in [0.3, 0.4) is 0 Å². The van der Waals surface area contributed by atoms with Gasteiger partial charge in [0.05, 0.1) is 12.0 Å². The molecule has 0 aromatic heterocycles. The topological polar surface area (TPSA) is 70.0 Å². The molecule has 0 bridgehead atoms. The van der Waals surface area contributed by atoms with Crippen molar-refractivity contribution in [2.45, 2.75) is 0 Å². The molecule has 19 heavy (non-hydrogen) atoms. The molecule has 1 aromatic rings. The van der Waals surface area contributed by atoms with Crippen LogP contribution in [0.5, 0.6) is 17.2 Å². The van der Waals surface area contributed by atoms with Crippen LogP contribution in [0.15, 0.2) is 17.0 Å². The van der Waals surface area contributed by atoms with Crippen molar-refractivity contribution in [3.05, 3.63) is 22.6 Å². The van der Waals surface area contributed by atoms with E-state index < -0.39 is 0 Å². The Bertz CT molecular complexity index is 598. The molecule has 100 valence electrons. The molecule has 1 aliphatic rings. The summed E-state index contributed by atoms with van der Waals surface area (Å²) in [6.45, 7) is 0. The Morgan fingerprint density at radius 1 is 1.37 bits per heavy atom. The maximum atomic E-state index is 11.8. The first-order valence-corrected chi connectivity index (χ1v) is 6.48. The van der Waals surface area contributed by atoms with Crippen LogP contribution in [0, 0.1) is 0 Å². The molecule has 1 saturated heterocycles. The lowest BCUT2D eigenvalue weighted by Gasteiger charge is -2.07. The predicted octanol–water partition coefficient (Wildman–Crippen LogP) is 1.94. The second-order valence-corrected chi connectivity index (χ2v) is 5.47. The Morgan fingerprint density at radius 2 is 2.05 bits per heavy atom. The third kappa shape index (κ3) is 2.39. The minimum Gasteiger partial charge on any atom is -0.504 e. The summed E-state index contributed by atoms with van der Waals surface area (Å²) in [5, 5.41) is 19.5. The quantitative estimate of drug-likeness (QED) is 0.494. The fraction of sp³-hybridized carbons (Fsp3) is 0.167. The molecule has 1 aliphatic heterocycles. The van der Waals surface area contributed by atoms with Crippen molar-refractivity contribution in [2.24, 2.45) is 0 Å². The number of likely N-dealkylation sites (N-methyl/N-ethyl adjacent to an activating group) is 1. The lowest BCUT2D eigenvalue weighted by atomic mass is 10.1. The number of amides is 1. The molecule has 0 radical (unpaired) electrons. The minimum atomic E-state index is -0.358. The molecule has 0 aliphatic carbocycles. The maximum Gasteiger partial charge on any atom is 0.265 e. The van der Waals surface area contributed by atoms with Crippen molar-refractivity contribution in [2.75, 3.05) is 14.2 Å². The highest BCUT2D eigenvalue weighted by Gasteiger charge is 2.29. The Morgan fingerprint density at radius 3 is 2.58 bits per heavy atom. The van der Waals surface area contributed by atoms with Crippen molar-refractivity contribution in [1.29, 1.82) is 0 Å². The van der Waals surface area contributed by atoms with Gasteiger partial charge in [0.15, 0.2) is 11.5 Å². The highest BCUT2D eigenvalue weighted by atomic mass is 32.2. The normalized spacial score (nSPS) is 17.4. The first-order chi connectivity index (χ1) is 8.95. The number of phenols is 2. The van der Waals surface area contributed by atoms with E-state index in [0.717, 1.165) is 11.8 Å². The van der Waals surface area contributed by atoms with E-state index in [1.165, 1.54) is 24.2 Å². The van der Waals surface area contributed by atoms with E-state index >= 15 is 0 Å². The summed E-state index contributed by atoms with van der Waals surface area (Å²) >= 11 is 6.15. The Kier molecular flexibility index (Phi) is 3.68. The number of hydrogen-bond donors (Lipinski definition) is 2. The number of nitrogens with zero attached hydrogens (tertiary/aromatic N) is 1. The smallest absolute Gasteiger partial charge is 0.265 e. The summed E-state index contributed by atoms with van der Waals surface area (Å²) in [6, 6.07) is 3.06. The van der Waals surface area contributed by atoms with Crippen LogP contribution in [0.25, 0.3) is 6.08 Å². The van der Waals surface area contributed by atoms with Gasteiger partial charge in [-0.25, -0.2) is 0 Å². The highest BCUT2D eigenvalue weighted by molar-refractivity contribution is 8.26. The van der Waals surface area contributed by atoms with E-state index in [2.05, 4.69) is 0 Å². The summed E-state index contributed by atoms with van der Waals surface area (Å²) in [4.78, 5) is 13.6. The van der Waals surface area contributed by atoms with Gasteiger partial charge < -0.3 is 14.9 Å². The van der Waals surface area contributed by atoms with Crippen molar-refractivity contribution >= 4 is 40.3 Å². The summed E-state index contributed by atoms with van der Waals surface area (Å²) < 4.78 is 5.33. The Labute approximate surface area is 119 Å². The molecular formula is C12H11NO4S2. The van der Waals surface area contributed by atoms with Gasteiger partial charge in [-0.3, -0.25) is 9.69 Å². The Hall–Kier alpha value is -1.73. The van der Waals surface area contributed by atoms with Crippen molar-refractivity contribution < 1.29 is 19.7 Å². The lowest BCUT2D eigenvalue weighted by molar-refractivity contribution is -0.121. The number of methoxy groups -OCH3 is 1. The average Bonchev–Trinajstić information content (AvgIpc) is 2.63. The van der Waals surface area contributed by atoms with Crippen molar-refractivity contribution in [1.82, 2.24) is 4.90 Å². The van der Waals surface area contributed by atoms with Gasteiger partial charge in [-0.1, -0.05) is 24.0 Å². The molecule has 2 rings (SSSR count). The minimum absolute atomic E-state index is 0.165. The average molecular weight is 297 g/mol. The molecule has 1 aromatic carbocycles. The molecule has 2 N–H and O–H groups in total. The van der Waals surface area contributed by atoms with Gasteiger partial charge in [0.2, 0.25) is 5.75 Å². The summed E-state index contributed by atoms with van der Waals surface area (Å²) in [5.41, 5.74) is 0.326. The largest absolute Gasteiger partial charge is 0.504 e. The first-order valence-electron chi connectivity index (χ1n) is 5.26. The second-order valence-electron chi connectivity index (χ2n) is 3.79. The van der Waals surface area contributed by atoms with Crippen molar-refractivity contribution in [3.8, 4) is 17.2 Å². The number of thioether (sulfide) groups is 1. The first kappa shape index (κ1) is 13.7. The number of phenolic OH excluding ortho intramolecular Hbond substituents is 2. The van der Waals surface area contributed by atoms with Crippen LogP contribution in [0.2, 0.25) is 0 Å². The molecular weight excluding hydrogens is 286 g/mol. The summed E-state index contributed by atoms with van der Waals surface area (Å²) in [5.74, 6) is -0.758. The zero-order valence-electron chi connectivity index (χ0n) is 10.2. The third-order valence-electron chi connectivity index (χ3n) is 2.64. The molecule has 1 fully saturated rings. The number of hydrogen-bond acceptors (Lipinski definition) is 6. The van der Waals surface area contributed by atoms with E-state index in [1.54, 1.807) is 13.1 Å². The van der Waals surface area contributed by atoms with Crippen LogP contribution in [-0.2, 0) is 4.79 Å². The molecule has 0 atom stereocenters. The summed E-state index contributed by atoms with van der Waals surface area (Å²) in [6.07, 6.45) is 1.48. The van der Waals surface area contributed by atoms with E-state index in [1.807, 2.05) is 0 Å². The van der Waals surface area contributed by atoms with Gasteiger partial charge in [-0.05, 0) is 18.2 Å². The number of ether oxygens (including phenoxy) is 1. The van der Waals surface area contributed by atoms with E-state index in [-0.39, 0.29) is 23.2 Å². The van der Waals surface area contributed by atoms with Gasteiger partial charge in [-0.15, -0.1) is 0 Å². The number of aromatic hydroxyl groups is 2. The standard InChI is InChI=1S/C12H11NO4S2/c1-13-11(16)8(19-12(13)18)5-6-3-4-7(17-2)10(15)9(6)14/h3-5,14-15H,1-2H3/b8-5-. The molecule has 0 spiro atoms. The van der Waals surface area contributed by atoms with E-state index in [4.69, 9.17) is 17.0 Å². The molecule has 1 amide bonds. The fourth-order valence-electron chi connectivity index (χ4n) is 1.54. The molecule has 7 heteroatoms. The van der Waals surface area contributed by atoms with Crippen LogP contribution in [0.1, 0.15) is 5.56 Å². The monoisotopic (exact) mass is 297 g/mol. The van der Waals surface area contributed by atoms with Gasteiger partial charge in [0, 0.05) is 12.6 Å². The SMILES string of the molecule is COc1ccc(/C=C2\SC(=S)N(C)C2=O)c(O)c1O. The number of benzene rings is 1. The van der Waals surface area contributed by atoms with Gasteiger partial charge in [0.1, 0.15) is 4.32 Å². The summed E-state index contributed by atoms with van der Waals surface area (Å²) in [7, 11) is 2.97. The zero-order chi connectivity index (χ0) is 14.2. The number of carbonyl (C=O) groups excluding carboxylic acids is 1.